The number of nitrogens with zero attached hydrogens (tertiary/aromatic N) is 1. The van der Waals surface area contributed by atoms with Gasteiger partial charge in [-0.1, -0.05) is 62.3 Å². The highest BCUT2D eigenvalue weighted by molar-refractivity contribution is 7.71. The van der Waals surface area contributed by atoms with E-state index in [9.17, 15) is 0 Å². The first-order valence-electron chi connectivity index (χ1n) is 7.39. The monoisotopic (exact) mass is 284 g/mol. The maximum absolute atomic E-state index is 5.35. The van der Waals surface area contributed by atoms with Crippen LogP contribution in [0.2, 0.25) is 0 Å². The van der Waals surface area contributed by atoms with Crippen LogP contribution in [0.5, 0.6) is 0 Å². The van der Waals surface area contributed by atoms with Gasteiger partial charge in [0.15, 0.2) is 0 Å². The molecule has 1 aliphatic carbocycles. The number of hydrogen-bond acceptors (Lipinski definition) is 2. The van der Waals surface area contributed by atoms with Crippen molar-refractivity contribution in [1.29, 1.82) is 0 Å². The van der Waals surface area contributed by atoms with Crippen LogP contribution >= 0.6 is 12.2 Å². The second-order valence-electron chi connectivity index (χ2n) is 5.85. The number of hydrogen-bond donors (Lipinski definition) is 1. The third-order valence-electron chi connectivity index (χ3n) is 4.17. The molecule has 1 fully saturated rings. The van der Waals surface area contributed by atoms with Crippen LogP contribution in [0.25, 0.3) is 11.3 Å². The molecule has 0 radical (unpaired) electrons. The van der Waals surface area contributed by atoms with E-state index in [4.69, 9.17) is 12.2 Å². The summed E-state index contributed by atoms with van der Waals surface area (Å²) >= 11 is 5.35. The van der Waals surface area contributed by atoms with Crippen LogP contribution in [0.15, 0.2) is 36.4 Å². The Morgan fingerprint density at radius 1 is 1.20 bits per heavy atom. The number of rotatable bonds is 2. The van der Waals surface area contributed by atoms with Crippen LogP contribution < -0.4 is 0 Å². The van der Waals surface area contributed by atoms with Gasteiger partial charge < -0.3 is 4.98 Å². The van der Waals surface area contributed by atoms with Gasteiger partial charge in [0.05, 0.1) is 0 Å². The second kappa shape index (κ2) is 5.88. The number of aromatic amines is 1. The summed E-state index contributed by atoms with van der Waals surface area (Å²) in [4.78, 5) is 8.09. The normalized spacial score (nSPS) is 22.6. The minimum Gasteiger partial charge on any atom is -0.343 e. The zero-order valence-electron chi connectivity index (χ0n) is 11.8. The first-order valence-corrected chi connectivity index (χ1v) is 7.80. The summed E-state index contributed by atoms with van der Waals surface area (Å²) in [6.45, 7) is 2.34. The van der Waals surface area contributed by atoms with Gasteiger partial charge in [0, 0.05) is 11.6 Å². The number of aromatic nitrogens is 2. The summed E-state index contributed by atoms with van der Waals surface area (Å²) in [5, 5.41) is 0. The predicted molar refractivity (Wildman–Crippen MR) is 85.2 cm³/mol. The molecular formula is C17H20N2S. The van der Waals surface area contributed by atoms with Gasteiger partial charge in [-0.3, -0.25) is 0 Å². The molecular weight excluding hydrogens is 264 g/mol. The lowest BCUT2D eigenvalue weighted by molar-refractivity contribution is 0.335. The minimum absolute atomic E-state index is 0.532. The molecule has 104 valence electrons. The highest BCUT2D eigenvalue weighted by Gasteiger charge is 2.22. The predicted octanol–water partition coefficient (Wildman–Crippen LogP) is 5.10. The lowest BCUT2D eigenvalue weighted by Crippen LogP contribution is -2.14. The highest BCUT2D eigenvalue weighted by Crippen LogP contribution is 2.34. The van der Waals surface area contributed by atoms with Crippen LogP contribution in [0, 0.1) is 10.6 Å². The Morgan fingerprint density at radius 2 is 2.00 bits per heavy atom. The topological polar surface area (TPSA) is 28.7 Å². The molecule has 1 aromatic heterocycles. The van der Waals surface area contributed by atoms with Gasteiger partial charge in [-0.15, -0.1) is 0 Å². The lowest BCUT2D eigenvalue weighted by Gasteiger charge is -2.26. The van der Waals surface area contributed by atoms with Crippen LogP contribution in [0.4, 0.5) is 0 Å². The fourth-order valence-corrected chi connectivity index (χ4v) is 3.34. The standard InChI is InChI=1S/C17H20N2S/c1-12-6-5-9-14(10-12)17-18-15(11-16(20)19-17)13-7-3-2-4-8-13/h2-4,7-8,11-12,14H,5-6,9-10H2,1H3,(H,18,19,20). The molecule has 3 rings (SSSR count). The van der Waals surface area contributed by atoms with E-state index in [0.29, 0.717) is 10.6 Å². The molecule has 20 heavy (non-hydrogen) atoms. The number of benzene rings is 1. The first kappa shape index (κ1) is 13.5. The van der Waals surface area contributed by atoms with Crippen molar-refractivity contribution in [3.63, 3.8) is 0 Å². The van der Waals surface area contributed by atoms with Crippen LogP contribution in [0.3, 0.4) is 0 Å². The fourth-order valence-electron chi connectivity index (χ4n) is 3.13. The van der Waals surface area contributed by atoms with Crippen molar-refractivity contribution in [3.8, 4) is 11.3 Å². The summed E-state index contributed by atoms with van der Waals surface area (Å²) in [6.07, 6.45) is 5.08. The SMILES string of the molecule is CC1CCCC(c2nc(=S)cc(-c3ccccc3)[nH]2)C1. The molecule has 1 heterocycles. The van der Waals surface area contributed by atoms with Gasteiger partial charge in [0.2, 0.25) is 0 Å². The molecule has 1 aliphatic rings. The Morgan fingerprint density at radius 3 is 2.75 bits per heavy atom. The molecule has 0 spiro atoms. The minimum atomic E-state index is 0.532. The molecule has 1 aromatic carbocycles. The summed E-state index contributed by atoms with van der Waals surface area (Å²) in [6, 6.07) is 12.3. The van der Waals surface area contributed by atoms with Crippen molar-refractivity contribution in [1.82, 2.24) is 9.97 Å². The third kappa shape index (κ3) is 2.98. The van der Waals surface area contributed by atoms with Crippen molar-refractivity contribution >= 4 is 12.2 Å². The zero-order valence-corrected chi connectivity index (χ0v) is 12.6. The molecule has 0 amide bonds. The van der Waals surface area contributed by atoms with Crippen molar-refractivity contribution in [2.75, 3.05) is 0 Å². The van der Waals surface area contributed by atoms with Crippen molar-refractivity contribution in [3.05, 3.63) is 46.9 Å². The van der Waals surface area contributed by atoms with E-state index in [2.05, 4.69) is 41.2 Å². The molecule has 1 N–H and O–H groups in total. The summed E-state index contributed by atoms with van der Waals surface area (Å²) in [5.41, 5.74) is 2.25. The first-order chi connectivity index (χ1) is 9.72. The maximum Gasteiger partial charge on any atom is 0.130 e. The van der Waals surface area contributed by atoms with Gasteiger partial charge in [-0.2, -0.15) is 0 Å². The molecule has 2 aromatic rings. The Labute approximate surface area is 125 Å². The van der Waals surface area contributed by atoms with Gasteiger partial charge in [-0.05, 0) is 30.4 Å². The van der Waals surface area contributed by atoms with E-state index in [1.807, 2.05) is 12.1 Å². The number of H-pyrrole nitrogens is 1. The maximum atomic E-state index is 5.35. The van der Waals surface area contributed by atoms with E-state index in [1.54, 1.807) is 0 Å². The number of nitrogens with one attached hydrogen (secondary N) is 1. The average molecular weight is 284 g/mol. The van der Waals surface area contributed by atoms with Gasteiger partial charge >= 0.3 is 0 Å². The van der Waals surface area contributed by atoms with Crippen LogP contribution in [-0.4, -0.2) is 9.97 Å². The molecule has 0 aliphatic heterocycles. The summed E-state index contributed by atoms with van der Waals surface area (Å²) < 4.78 is 0.691. The quantitative estimate of drug-likeness (QED) is 0.777. The Bertz CT molecular complexity index is 633. The van der Waals surface area contributed by atoms with Crippen molar-refractivity contribution in [2.24, 2.45) is 5.92 Å². The summed E-state index contributed by atoms with van der Waals surface area (Å²) in [5.74, 6) is 2.39. The van der Waals surface area contributed by atoms with E-state index in [-0.39, 0.29) is 0 Å². The Balaban J connectivity index is 1.97. The van der Waals surface area contributed by atoms with Crippen LogP contribution in [0.1, 0.15) is 44.3 Å². The smallest absolute Gasteiger partial charge is 0.130 e. The summed E-state index contributed by atoms with van der Waals surface area (Å²) in [7, 11) is 0. The lowest BCUT2D eigenvalue weighted by atomic mass is 9.82. The molecule has 2 nitrogen and oxygen atoms in total. The van der Waals surface area contributed by atoms with Crippen molar-refractivity contribution < 1.29 is 0 Å². The molecule has 2 atom stereocenters. The molecule has 1 saturated carbocycles. The van der Waals surface area contributed by atoms with E-state index in [1.165, 1.54) is 31.2 Å². The van der Waals surface area contributed by atoms with E-state index >= 15 is 0 Å². The van der Waals surface area contributed by atoms with Gasteiger partial charge in [0.1, 0.15) is 10.5 Å². The average Bonchev–Trinajstić information content (AvgIpc) is 2.47. The van der Waals surface area contributed by atoms with Crippen LogP contribution in [-0.2, 0) is 0 Å². The molecule has 3 heteroatoms. The third-order valence-corrected chi connectivity index (χ3v) is 4.38. The largest absolute Gasteiger partial charge is 0.343 e. The molecule has 2 unspecified atom stereocenters. The highest BCUT2D eigenvalue weighted by atomic mass is 32.1. The second-order valence-corrected chi connectivity index (χ2v) is 6.27. The fraction of sp³-hybridized carbons (Fsp3) is 0.412. The zero-order chi connectivity index (χ0) is 13.9. The Kier molecular flexibility index (Phi) is 3.97. The molecule has 0 bridgehead atoms. The Hall–Kier alpha value is -1.48. The van der Waals surface area contributed by atoms with E-state index in [0.717, 1.165) is 17.4 Å². The molecule has 0 saturated heterocycles. The van der Waals surface area contributed by atoms with Crippen molar-refractivity contribution in [2.45, 2.75) is 38.5 Å². The van der Waals surface area contributed by atoms with Gasteiger partial charge in [-0.25, -0.2) is 4.98 Å². The van der Waals surface area contributed by atoms with Gasteiger partial charge in [0.25, 0.3) is 0 Å². The van der Waals surface area contributed by atoms with E-state index < -0.39 is 0 Å².